The van der Waals surface area contributed by atoms with Crippen LogP contribution < -0.4 is 10.2 Å². The lowest BCUT2D eigenvalue weighted by atomic mass is 10.1. The summed E-state index contributed by atoms with van der Waals surface area (Å²) in [5.41, 5.74) is 2.54. The highest BCUT2D eigenvalue weighted by molar-refractivity contribution is 9.10. The Morgan fingerprint density at radius 3 is 2.65 bits per heavy atom. The molecule has 1 aromatic rings. The van der Waals surface area contributed by atoms with Crippen LogP contribution in [0.3, 0.4) is 0 Å². The van der Waals surface area contributed by atoms with Gasteiger partial charge in [0.2, 0.25) is 0 Å². The molecule has 1 aromatic carbocycles. The van der Waals surface area contributed by atoms with E-state index in [2.05, 4.69) is 65.1 Å². The number of likely N-dealkylation sites (N-methyl/N-ethyl adjacent to an activating group) is 1. The minimum atomic E-state index is 0.366. The molecule has 0 aliphatic rings. The van der Waals surface area contributed by atoms with Crippen LogP contribution in [0.5, 0.6) is 0 Å². The molecule has 0 amide bonds. The highest BCUT2D eigenvalue weighted by atomic mass is 79.9. The Balaban J connectivity index is 2.79. The van der Waals surface area contributed by atoms with Gasteiger partial charge in [0.05, 0.1) is 12.3 Å². The molecule has 0 bridgehead atoms. The van der Waals surface area contributed by atoms with Gasteiger partial charge in [-0.2, -0.15) is 0 Å². The van der Waals surface area contributed by atoms with Crippen molar-refractivity contribution in [3.63, 3.8) is 0 Å². The first-order valence-corrected chi connectivity index (χ1v) is 8.18. The highest BCUT2D eigenvalue weighted by Crippen LogP contribution is 2.28. The van der Waals surface area contributed by atoms with E-state index in [9.17, 15) is 0 Å². The molecule has 0 spiro atoms. The van der Waals surface area contributed by atoms with Crippen molar-refractivity contribution in [3.8, 4) is 0 Å². The monoisotopic (exact) mass is 342 g/mol. The molecule has 1 N–H and O–H groups in total. The van der Waals surface area contributed by atoms with Crippen molar-refractivity contribution >= 4 is 21.6 Å². The zero-order valence-corrected chi connectivity index (χ0v) is 14.7. The summed E-state index contributed by atoms with van der Waals surface area (Å²) in [6, 6.07) is 6.97. The van der Waals surface area contributed by atoms with E-state index in [0.717, 1.165) is 37.1 Å². The number of nitrogens with zero attached hydrogens (tertiary/aromatic N) is 1. The van der Waals surface area contributed by atoms with Gasteiger partial charge in [0.25, 0.3) is 0 Å². The fourth-order valence-electron chi connectivity index (χ4n) is 2.35. The molecule has 114 valence electrons. The van der Waals surface area contributed by atoms with Crippen LogP contribution in [0.2, 0.25) is 0 Å². The lowest BCUT2D eigenvalue weighted by molar-refractivity contribution is 0.182. The summed E-state index contributed by atoms with van der Waals surface area (Å²) >= 11 is 3.71. The topological polar surface area (TPSA) is 24.5 Å². The largest absolute Gasteiger partial charge is 0.383 e. The molecule has 0 radical (unpaired) electrons. The Labute approximate surface area is 131 Å². The summed E-state index contributed by atoms with van der Waals surface area (Å²) in [7, 11) is 1.75. The molecule has 3 nitrogen and oxygen atoms in total. The van der Waals surface area contributed by atoms with Crippen molar-refractivity contribution in [2.45, 2.75) is 39.8 Å². The molecule has 1 atom stereocenters. The number of anilines is 1. The number of rotatable bonds is 9. The molecule has 0 saturated carbocycles. The fraction of sp³-hybridized carbons (Fsp3) is 0.625. The van der Waals surface area contributed by atoms with Gasteiger partial charge in [-0.05, 0) is 60.4 Å². The van der Waals surface area contributed by atoms with Crippen LogP contribution in [0.25, 0.3) is 0 Å². The summed E-state index contributed by atoms with van der Waals surface area (Å²) in [5.74, 6) is 0. The molecule has 1 unspecified atom stereocenters. The van der Waals surface area contributed by atoms with Gasteiger partial charge < -0.3 is 15.0 Å². The number of halogens is 1. The summed E-state index contributed by atoms with van der Waals surface area (Å²) in [6.45, 7) is 10.2. The number of ether oxygens (including phenoxy) is 1. The Morgan fingerprint density at radius 2 is 2.10 bits per heavy atom. The molecule has 0 heterocycles. The van der Waals surface area contributed by atoms with Crippen molar-refractivity contribution in [2.75, 3.05) is 31.7 Å². The van der Waals surface area contributed by atoms with Gasteiger partial charge in [0.15, 0.2) is 0 Å². The quantitative estimate of drug-likeness (QED) is 0.690. The van der Waals surface area contributed by atoms with Gasteiger partial charge in [-0.25, -0.2) is 0 Å². The predicted octanol–water partition coefficient (Wildman–Crippen LogP) is 3.81. The summed E-state index contributed by atoms with van der Waals surface area (Å²) in [4.78, 5) is 2.36. The van der Waals surface area contributed by atoms with Crippen molar-refractivity contribution in [3.05, 3.63) is 28.2 Å². The second kappa shape index (κ2) is 9.37. The number of hydrogen-bond acceptors (Lipinski definition) is 3. The molecule has 0 fully saturated rings. The first kappa shape index (κ1) is 17.5. The summed E-state index contributed by atoms with van der Waals surface area (Å²) in [6.07, 6.45) is 1.16. The van der Waals surface area contributed by atoms with E-state index >= 15 is 0 Å². The Kier molecular flexibility index (Phi) is 8.19. The van der Waals surface area contributed by atoms with Crippen LogP contribution in [0.1, 0.15) is 32.8 Å². The van der Waals surface area contributed by atoms with Crippen LogP contribution in [0, 0.1) is 0 Å². The van der Waals surface area contributed by atoms with E-state index in [4.69, 9.17) is 4.74 Å². The minimum absolute atomic E-state index is 0.366. The maximum absolute atomic E-state index is 5.27. The lowest BCUT2D eigenvalue weighted by Gasteiger charge is -2.30. The first-order chi connectivity index (χ1) is 9.63. The molecule has 1 rings (SSSR count). The van der Waals surface area contributed by atoms with Gasteiger partial charge >= 0.3 is 0 Å². The molecule has 4 heteroatoms. The van der Waals surface area contributed by atoms with E-state index < -0.39 is 0 Å². The minimum Gasteiger partial charge on any atom is -0.383 e. The molecular weight excluding hydrogens is 316 g/mol. The molecule has 0 aliphatic heterocycles. The van der Waals surface area contributed by atoms with Gasteiger partial charge in [-0.1, -0.05) is 13.0 Å². The summed E-state index contributed by atoms with van der Waals surface area (Å²) < 4.78 is 6.42. The van der Waals surface area contributed by atoms with Crippen molar-refractivity contribution < 1.29 is 4.74 Å². The maximum atomic E-state index is 5.27. The Bertz CT molecular complexity index is 398. The van der Waals surface area contributed by atoms with E-state index in [1.807, 2.05) is 0 Å². The van der Waals surface area contributed by atoms with E-state index in [1.165, 1.54) is 11.3 Å². The zero-order chi connectivity index (χ0) is 15.0. The third-order valence-corrected chi connectivity index (χ3v) is 3.99. The van der Waals surface area contributed by atoms with Gasteiger partial charge in [-0.3, -0.25) is 0 Å². The Hall–Kier alpha value is -0.580. The SMILES string of the molecule is CCCNCc1ccc(N(CC)C(C)COC)c(Br)c1. The third kappa shape index (κ3) is 5.08. The first-order valence-electron chi connectivity index (χ1n) is 7.38. The number of hydrogen-bond donors (Lipinski definition) is 1. The van der Waals surface area contributed by atoms with E-state index in [0.29, 0.717) is 6.04 Å². The second-order valence-corrected chi connectivity index (χ2v) is 5.91. The average Bonchev–Trinajstić information content (AvgIpc) is 2.42. The van der Waals surface area contributed by atoms with Crippen LogP contribution in [0.4, 0.5) is 5.69 Å². The van der Waals surface area contributed by atoms with Crippen molar-refractivity contribution in [1.29, 1.82) is 0 Å². The van der Waals surface area contributed by atoms with Crippen molar-refractivity contribution in [2.24, 2.45) is 0 Å². The van der Waals surface area contributed by atoms with E-state index in [1.54, 1.807) is 7.11 Å². The fourth-order valence-corrected chi connectivity index (χ4v) is 3.01. The lowest BCUT2D eigenvalue weighted by Crippen LogP contribution is -2.36. The summed E-state index contributed by atoms with van der Waals surface area (Å²) in [5, 5.41) is 3.43. The maximum Gasteiger partial charge on any atom is 0.0663 e. The van der Waals surface area contributed by atoms with Crippen molar-refractivity contribution in [1.82, 2.24) is 5.32 Å². The zero-order valence-electron chi connectivity index (χ0n) is 13.1. The van der Waals surface area contributed by atoms with Gasteiger partial charge in [0.1, 0.15) is 0 Å². The van der Waals surface area contributed by atoms with Crippen LogP contribution in [-0.4, -0.2) is 32.8 Å². The molecule has 0 aliphatic carbocycles. The molecule has 20 heavy (non-hydrogen) atoms. The number of nitrogens with one attached hydrogen (secondary N) is 1. The third-order valence-electron chi connectivity index (χ3n) is 3.36. The number of benzene rings is 1. The smallest absolute Gasteiger partial charge is 0.0663 e. The van der Waals surface area contributed by atoms with Gasteiger partial charge in [0, 0.05) is 30.7 Å². The highest BCUT2D eigenvalue weighted by Gasteiger charge is 2.15. The average molecular weight is 343 g/mol. The second-order valence-electron chi connectivity index (χ2n) is 5.05. The normalized spacial score (nSPS) is 12.4. The molecule has 0 saturated heterocycles. The standard InChI is InChI=1S/C16H27BrN2O/c1-5-9-18-11-14-7-8-16(15(17)10-14)19(6-2)13(3)12-20-4/h7-8,10,13,18H,5-6,9,11-12H2,1-4H3. The number of methoxy groups -OCH3 is 1. The van der Waals surface area contributed by atoms with Gasteiger partial charge in [-0.15, -0.1) is 0 Å². The van der Waals surface area contributed by atoms with Crippen LogP contribution in [-0.2, 0) is 11.3 Å². The molecular formula is C16H27BrN2O. The Morgan fingerprint density at radius 1 is 1.35 bits per heavy atom. The molecule has 0 aromatic heterocycles. The predicted molar refractivity (Wildman–Crippen MR) is 90.5 cm³/mol. The van der Waals surface area contributed by atoms with E-state index in [-0.39, 0.29) is 0 Å². The van der Waals surface area contributed by atoms with Crippen LogP contribution in [0.15, 0.2) is 22.7 Å². The van der Waals surface area contributed by atoms with Crippen LogP contribution >= 0.6 is 15.9 Å².